The van der Waals surface area contributed by atoms with E-state index in [1.807, 2.05) is 0 Å². The second-order valence-electron chi connectivity index (χ2n) is 3.61. The van der Waals surface area contributed by atoms with Crippen molar-refractivity contribution in [1.82, 2.24) is 0 Å². The van der Waals surface area contributed by atoms with Crippen molar-refractivity contribution in [3.05, 3.63) is 0 Å². The molecule has 0 aliphatic carbocycles. The highest BCUT2D eigenvalue weighted by atomic mass is 35.6. The Hall–Kier alpha value is 3.84. The molecule has 140 valence electrons. The maximum Gasteiger partial charge on any atom is 0.304 e. The fourth-order valence-electron chi connectivity index (χ4n) is 0.897. The van der Waals surface area contributed by atoms with Crippen LogP contribution in [0.1, 0.15) is 0 Å². The zero-order valence-electron chi connectivity index (χ0n) is 9.59. The molecular weight excluding hydrogens is 613 g/mol. The van der Waals surface area contributed by atoms with E-state index in [1.165, 1.54) is 0 Å². The zero-order valence-corrected chi connectivity index (χ0v) is 20.2. The van der Waals surface area contributed by atoms with Crippen LogP contribution in [0.2, 0.25) is 0 Å². The first-order valence-electron chi connectivity index (χ1n) is 4.43. The third-order valence-corrected chi connectivity index (χ3v) is 10.9. The lowest BCUT2D eigenvalue weighted by molar-refractivity contribution is 0.209. The molecule has 0 rings (SSSR count). The first kappa shape index (κ1) is 26.8. The van der Waals surface area contributed by atoms with Crippen LogP contribution >= 0.6 is 151 Å². The summed E-state index contributed by atoms with van der Waals surface area (Å²) in [5, 5.41) is 0. The van der Waals surface area contributed by atoms with E-state index in [9.17, 15) is 4.21 Å². The van der Waals surface area contributed by atoms with Gasteiger partial charge in [0.15, 0.2) is 8.67 Å². The molecule has 0 aromatic heterocycles. The Morgan fingerprint density at radius 1 is 0.609 bits per heavy atom. The normalized spacial score (nSPS) is 17.3. The number of rotatable bonds is 6. The molecule has 0 amide bonds. The van der Waals surface area contributed by atoms with Gasteiger partial charge in [-0.3, -0.25) is 4.55 Å². The molecule has 0 aromatic carbocycles. The van der Waals surface area contributed by atoms with Gasteiger partial charge in [-0.15, -0.1) is 0 Å². The Labute approximate surface area is 198 Å². The van der Waals surface area contributed by atoms with Gasteiger partial charge in [0, 0.05) is 0 Å². The van der Waals surface area contributed by atoms with E-state index in [1.54, 1.807) is 0 Å². The highest BCUT2D eigenvalue weighted by molar-refractivity contribution is 7.74. The maximum atomic E-state index is 10.7. The second-order valence-corrected chi connectivity index (χ2v) is 13.1. The van der Waals surface area contributed by atoms with Gasteiger partial charge < -0.3 is 0 Å². The highest BCUT2D eigenvalue weighted by Crippen LogP contribution is 2.69. The molecule has 0 aliphatic heterocycles. The lowest BCUT2D eigenvalue weighted by Gasteiger charge is -2.49. The van der Waals surface area contributed by atoms with Crippen molar-refractivity contribution >= 4 is 162 Å². The number of hydrogen-bond acceptors (Lipinski definition) is 2. The standard InChI is InChI=1S/C6HCl13O3S/c7-1(8,3(11,12)5(15,16)17)2(9,10)4(13,14)6(18,19)22-23(20)21/h(H,20,21). The van der Waals surface area contributed by atoms with Gasteiger partial charge in [-0.25, -0.2) is 4.18 Å². The van der Waals surface area contributed by atoms with Crippen molar-refractivity contribution < 1.29 is 12.9 Å². The fourth-order valence-corrected chi connectivity index (χ4v) is 4.96. The lowest BCUT2D eigenvalue weighted by atomic mass is 10.1. The van der Waals surface area contributed by atoms with Gasteiger partial charge in [-0.2, -0.15) is 4.21 Å². The number of halogens is 13. The molecule has 0 heterocycles. The Morgan fingerprint density at radius 2 is 0.913 bits per heavy atom. The predicted molar refractivity (Wildman–Crippen MR) is 104 cm³/mol. The topological polar surface area (TPSA) is 46.5 Å². The van der Waals surface area contributed by atoms with Crippen LogP contribution < -0.4 is 0 Å². The van der Waals surface area contributed by atoms with Crippen molar-refractivity contribution in [2.24, 2.45) is 0 Å². The van der Waals surface area contributed by atoms with Crippen LogP contribution in [0.15, 0.2) is 0 Å². The van der Waals surface area contributed by atoms with E-state index in [4.69, 9.17) is 155 Å². The first-order chi connectivity index (χ1) is 9.67. The molecular formula is C6HCl13O3S. The number of hydrogen-bond donors (Lipinski definition) is 1. The smallest absolute Gasteiger partial charge is 0.284 e. The first-order valence-corrected chi connectivity index (χ1v) is 10.4. The van der Waals surface area contributed by atoms with Gasteiger partial charge >= 0.3 is 11.4 Å². The second kappa shape index (κ2) is 8.30. The van der Waals surface area contributed by atoms with Crippen molar-refractivity contribution in [2.75, 3.05) is 0 Å². The fraction of sp³-hybridized carbons (Fsp3) is 1.00. The van der Waals surface area contributed by atoms with Crippen LogP contribution in [0.5, 0.6) is 0 Å². The summed E-state index contributed by atoms with van der Waals surface area (Å²) in [4.78, 5) is 0. The lowest BCUT2D eigenvalue weighted by Crippen LogP contribution is -2.66. The van der Waals surface area contributed by atoms with E-state index in [0.717, 1.165) is 0 Å². The average molecular weight is 614 g/mol. The van der Waals surface area contributed by atoms with Gasteiger partial charge in [-0.05, 0) is 0 Å². The summed E-state index contributed by atoms with van der Waals surface area (Å²) in [6.07, 6.45) is 0. The van der Waals surface area contributed by atoms with Crippen molar-refractivity contribution in [3.8, 4) is 0 Å². The van der Waals surface area contributed by atoms with E-state index >= 15 is 0 Å². The van der Waals surface area contributed by atoms with Crippen LogP contribution in [-0.4, -0.2) is 34.4 Å². The largest absolute Gasteiger partial charge is 0.304 e. The molecule has 0 saturated heterocycles. The molecule has 17 heteroatoms. The molecule has 1 N–H and O–H groups in total. The minimum Gasteiger partial charge on any atom is -0.284 e. The summed E-state index contributed by atoms with van der Waals surface area (Å²) >= 11 is 72.1. The summed E-state index contributed by atoms with van der Waals surface area (Å²) in [6.45, 7) is 0. The minimum absolute atomic E-state index is 2.57. The van der Waals surface area contributed by atoms with Gasteiger partial charge in [0.05, 0.1) is 0 Å². The molecule has 0 saturated carbocycles. The Morgan fingerprint density at radius 3 is 1.17 bits per heavy atom. The molecule has 0 fully saturated rings. The Balaban J connectivity index is 6.19. The van der Waals surface area contributed by atoms with E-state index in [0.29, 0.717) is 0 Å². The third-order valence-electron chi connectivity index (χ3n) is 2.08. The van der Waals surface area contributed by atoms with Crippen LogP contribution in [0, 0.1) is 0 Å². The van der Waals surface area contributed by atoms with Gasteiger partial charge in [0.2, 0.25) is 12.5 Å². The molecule has 3 nitrogen and oxygen atoms in total. The molecule has 23 heavy (non-hydrogen) atoms. The van der Waals surface area contributed by atoms with Crippen molar-refractivity contribution in [1.29, 1.82) is 0 Å². The molecule has 0 bridgehead atoms. The molecule has 1 unspecified atom stereocenters. The number of alkyl halides is 13. The van der Waals surface area contributed by atoms with E-state index in [-0.39, 0.29) is 0 Å². The predicted octanol–water partition coefficient (Wildman–Crippen LogP) is 7.34. The quantitative estimate of drug-likeness (QED) is 0.252. The zero-order chi connectivity index (χ0) is 19.3. The average Bonchev–Trinajstić information content (AvgIpc) is 2.24. The molecule has 0 aromatic rings. The molecule has 1 atom stereocenters. The van der Waals surface area contributed by atoms with Crippen LogP contribution in [0.4, 0.5) is 0 Å². The highest BCUT2D eigenvalue weighted by Gasteiger charge is 2.77. The molecule has 0 aliphatic rings. The monoisotopic (exact) mass is 608 g/mol. The Kier molecular flexibility index (Phi) is 9.68. The molecule has 0 spiro atoms. The SMILES string of the molecule is O=S(O)OC(Cl)(Cl)C(Cl)(Cl)C(Cl)(Cl)C(Cl)(Cl)C(Cl)(Cl)C(Cl)(Cl)Cl. The van der Waals surface area contributed by atoms with Crippen LogP contribution in [0.25, 0.3) is 0 Å². The summed E-state index contributed by atoms with van der Waals surface area (Å²) in [7, 11) is 0. The Bertz CT molecular complexity index is 469. The summed E-state index contributed by atoms with van der Waals surface area (Å²) in [5.74, 6) is 0. The van der Waals surface area contributed by atoms with Crippen molar-refractivity contribution in [2.45, 2.75) is 25.6 Å². The summed E-state index contributed by atoms with van der Waals surface area (Å²) in [6, 6.07) is 0. The van der Waals surface area contributed by atoms with Crippen LogP contribution in [0.3, 0.4) is 0 Å². The van der Waals surface area contributed by atoms with Crippen molar-refractivity contribution in [3.63, 3.8) is 0 Å². The molecule has 0 radical (unpaired) electrons. The van der Waals surface area contributed by atoms with E-state index in [2.05, 4.69) is 4.18 Å². The summed E-state index contributed by atoms with van der Waals surface area (Å²) < 4.78 is 6.61. The van der Waals surface area contributed by atoms with E-state index < -0.39 is 37.0 Å². The van der Waals surface area contributed by atoms with Gasteiger partial charge in [0.25, 0.3) is 4.52 Å². The minimum atomic E-state index is -3.06. The maximum absolute atomic E-state index is 10.7. The van der Waals surface area contributed by atoms with Gasteiger partial charge in [0.1, 0.15) is 0 Å². The summed E-state index contributed by atoms with van der Waals surface area (Å²) in [5.41, 5.74) is 0. The third kappa shape index (κ3) is 5.07. The van der Waals surface area contributed by atoms with Crippen LogP contribution in [-0.2, 0) is 15.5 Å². The van der Waals surface area contributed by atoms with Gasteiger partial charge in [-0.1, -0.05) is 151 Å².